The summed E-state index contributed by atoms with van der Waals surface area (Å²) >= 11 is 3.56. The summed E-state index contributed by atoms with van der Waals surface area (Å²) in [6.45, 7) is 2.77. The van der Waals surface area contributed by atoms with E-state index in [1.54, 1.807) is 14.2 Å². The van der Waals surface area contributed by atoms with Gasteiger partial charge in [-0.15, -0.1) is 0 Å². The highest BCUT2D eigenvalue weighted by Crippen LogP contribution is 2.36. The molecule has 0 unspecified atom stereocenters. The van der Waals surface area contributed by atoms with Crippen molar-refractivity contribution in [3.05, 3.63) is 63.0 Å². The van der Waals surface area contributed by atoms with Crippen molar-refractivity contribution in [2.24, 2.45) is 5.73 Å². The van der Waals surface area contributed by atoms with Crippen LogP contribution in [0.5, 0.6) is 11.5 Å². The van der Waals surface area contributed by atoms with Crippen molar-refractivity contribution in [2.45, 2.75) is 13.3 Å². The van der Waals surface area contributed by atoms with Crippen molar-refractivity contribution in [1.82, 2.24) is 4.48 Å². The maximum atomic E-state index is 5.91. The van der Waals surface area contributed by atoms with E-state index >= 15 is 0 Å². The van der Waals surface area contributed by atoms with Crippen molar-refractivity contribution in [1.29, 1.82) is 0 Å². The first-order valence-electron chi connectivity index (χ1n) is 9.47. The highest BCUT2D eigenvalue weighted by Gasteiger charge is 2.24. The minimum absolute atomic E-state index is 0.618. The molecule has 0 saturated carbocycles. The molecular formula is C22H23BBrN3O2. The van der Waals surface area contributed by atoms with Gasteiger partial charge >= 0.3 is 0 Å². The molecule has 2 aliphatic heterocycles. The number of rotatable bonds is 6. The third kappa shape index (κ3) is 3.49. The van der Waals surface area contributed by atoms with Crippen LogP contribution in [-0.4, -0.2) is 43.5 Å². The maximum Gasteiger partial charge on any atom is 0.221 e. The summed E-state index contributed by atoms with van der Waals surface area (Å²) < 4.78 is 16.2. The summed E-state index contributed by atoms with van der Waals surface area (Å²) in [5.74, 6) is 1.50. The van der Waals surface area contributed by atoms with Crippen LogP contribution in [0.3, 0.4) is 0 Å². The Balaban J connectivity index is 1.76. The first-order chi connectivity index (χ1) is 14.1. The first-order valence-corrected chi connectivity index (χ1v) is 10.3. The molecule has 148 valence electrons. The van der Waals surface area contributed by atoms with Gasteiger partial charge in [0.15, 0.2) is 5.70 Å². The van der Waals surface area contributed by atoms with Crippen LogP contribution >= 0.6 is 15.9 Å². The molecule has 0 spiro atoms. The minimum Gasteiger partial charge on any atom is -0.501 e. The number of methoxy groups -OCH3 is 2. The highest BCUT2D eigenvalue weighted by molar-refractivity contribution is 9.10. The molecule has 0 bridgehead atoms. The van der Waals surface area contributed by atoms with Crippen LogP contribution in [0.25, 0.3) is 17.7 Å². The Labute approximate surface area is 180 Å². The van der Waals surface area contributed by atoms with Crippen LogP contribution in [0, 0.1) is 6.92 Å². The van der Waals surface area contributed by atoms with Crippen LogP contribution in [0.4, 0.5) is 0 Å². The van der Waals surface area contributed by atoms with E-state index in [0.717, 1.165) is 33.6 Å². The van der Waals surface area contributed by atoms with E-state index in [1.807, 2.05) is 12.1 Å². The number of fused-ring (bicyclic) bond motifs is 2. The topological polar surface area (TPSA) is 52.4 Å². The van der Waals surface area contributed by atoms with Gasteiger partial charge < -0.3 is 24.2 Å². The van der Waals surface area contributed by atoms with Gasteiger partial charge in [0.1, 0.15) is 17.7 Å². The Bertz CT molecular complexity index is 1100. The lowest BCUT2D eigenvalue weighted by Gasteiger charge is -2.29. The van der Waals surface area contributed by atoms with Crippen LogP contribution in [0.15, 0.2) is 40.5 Å². The van der Waals surface area contributed by atoms with Gasteiger partial charge in [0.2, 0.25) is 7.55 Å². The fourth-order valence-corrected chi connectivity index (χ4v) is 4.41. The van der Waals surface area contributed by atoms with Crippen molar-refractivity contribution in [3.63, 3.8) is 0 Å². The maximum absolute atomic E-state index is 5.91. The van der Waals surface area contributed by atoms with E-state index in [1.165, 1.54) is 22.5 Å². The summed E-state index contributed by atoms with van der Waals surface area (Å²) in [6.07, 6.45) is 11.3. The zero-order chi connectivity index (χ0) is 20.5. The second-order valence-electron chi connectivity index (χ2n) is 6.97. The van der Waals surface area contributed by atoms with E-state index in [0.29, 0.717) is 6.54 Å². The van der Waals surface area contributed by atoms with E-state index in [2.05, 4.69) is 76.0 Å². The van der Waals surface area contributed by atoms with Crippen LogP contribution in [-0.2, 0) is 0 Å². The van der Waals surface area contributed by atoms with Gasteiger partial charge in [-0.2, -0.15) is 0 Å². The lowest BCUT2D eigenvalue weighted by Crippen LogP contribution is -2.30. The number of nitrogens with zero attached hydrogens (tertiary/aromatic N) is 2. The van der Waals surface area contributed by atoms with Gasteiger partial charge in [-0.05, 0) is 65.7 Å². The molecule has 5 nitrogen and oxygen atoms in total. The average Bonchev–Trinajstić information content (AvgIpc) is 3.31. The van der Waals surface area contributed by atoms with Crippen molar-refractivity contribution in [3.8, 4) is 11.5 Å². The summed E-state index contributed by atoms with van der Waals surface area (Å²) in [4.78, 5) is 0. The van der Waals surface area contributed by atoms with E-state index in [4.69, 9.17) is 15.2 Å². The molecule has 0 saturated heterocycles. The molecule has 1 aromatic carbocycles. The zero-order valence-corrected chi connectivity index (χ0v) is 18.4. The Kier molecular flexibility index (Phi) is 5.52. The second-order valence-corrected chi connectivity index (χ2v) is 7.82. The smallest absolute Gasteiger partial charge is 0.221 e. The third-order valence-corrected chi connectivity index (χ3v) is 5.82. The summed E-state index contributed by atoms with van der Waals surface area (Å²) in [6, 6.07) is 6.09. The summed E-state index contributed by atoms with van der Waals surface area (Å²) in [5, 5.41) is 0. The standard InChI is InChI=1S/C22H23BBrN3O2/c1-14-11-16(7-6-15-12-18(24)21(29-3)13-20(15)28-2)27-22(14)17(8-9-25)19-5-4-10-26(19)23-27/h4-7,10-13H,8-9,25H2,1-3H3. The lowest BCUT2D eigenvalue weighted by molar-refractivity contribution is -0.307. The molecule has 0 fully saturated rings. The van der Waals surface area contributed by atoms with Gasteiger partial charge in [0.05, 0.1) is 18.7 Å². The van der Waals surface area contributed by atoms with Gasteiger partial charge in [0, 0.05) is 40.7 Å². The van der Waals surface area contributed by atoms with Crippen LogP contribution < -0.4 is 15.2 Å². The first kappa shape index (κ1) is 19.8. The molecule has 2 aromatic rings. The Morgan fingerprint density at radius 1 is 1.17 bits per heavy atom. The average molecular weight is 452 g/mol. The molecule has 0 amide bonds. The Morgan fingerprint density at radius 3 is 2.69 bits per heavy atom. The number of hydrogen-bond donors (Lipinski definition) is 1. The molecule has 2 radical (unpaired) electrons. The second kappa shape index (κ2) is 8.09. The molecule has 4 rings (SSSR count). The monoisotopic (exact) mass is 451 g/mol. The molecule has 29 heavy (non-hydrogen) atoms. The molecule has 1 aromatic heterocycles. The Morgan fingerprint density at radius 2 is 1.97 bits per heavy atom. The molecular weight excluding hydrogens is 429 g/mol. The van der Waals surface area contributed by atoms with Gasteiger partial charge in [-0.1, -0.05) is 0 Å². The summed E-state index contributed by atoms with van der Waals surface area (Å²) in [5.41, 5.74) is 12.9. The van der Waals surface area contributed by atoms with E-state index in [-0.39, 0.29) is 0 Å². The zero-order valence-electron chi connectivity index (χ0n) is 16.8. The van der Waals surface area contributed by atoms with Gasteiger partial charge in [-0.3, -0.25) is 0 Å². The van der Waals surface area contributed by atoms with E-state index < -0.39 is 0 Å². The predicted octanol–water partition coefficient (Wildman–Crippen LogP) is 3.86. The molecule has 2 aliphatic rings. The number of benzene rings is 1. The number of aryl methyl sites for hydroxylation is 1. The number of allylic oxidation sites excluding steroid dienone is 2. The van der Waals surface area contributed by atoms with Crippen molar-refractivity contribution >= 4 is 47.4 Å². The molecule has 0 aliphatic carbocycles. The minimum atomic E-state index is 0.618. The fraction of sp³-hybridized carbons (Fsp3) is 0.227. The molecule has 0 atom stereocenters. The summed E-state index contributed by atoms with van der Waals surface area (Å²) in [7, 11) is 5.43. The molecule has 3 heterocycles. The number of halogens is 1. The quantitative estimate of drug-likeness (QED) is 0.678. The number of hydrogen-bond acceptors (Lipinski definition) is 3. The SMILES string of the molecule is COc1cc(OC)c(C=Cc2cc(C)c3n2[B-][N+]2=CC=CC2=C3CCN)cc1Br. The largest absolute Gasteiger partial charge is 0.501 e. The van der Waals surface area contributed by atoms with Crippen LogP contribution in [0.2, 0.25) is 0 Å². The van der Waals surface area contributed by atoms with Gasteiger partial charge in [-0.25, -0.2) is 0 Å². The number of ether oxygens (including phenoxy) is 2. The molecule has 7 heteroatoms. The lowest BCUT2D eigenvalue weighted by atomic mass is 9.94. The van der Waals surface area contributed by atoms with Gasteiger partial charge in [0.25, 0.3) is 0 Å². The number of aromatic nitrogens is 1. The number of nitrogens with two attached hydrogens (primary N) is 1. The van der Waals surface area contributed by atoms with Crippen LogP contribution in [0.1, 0.15) is 28.9 Å². The van der Waals surface area contributed by atoms with Crippen molar-refractivity contribution < 1.29 is 14.0 Å². The Hall–Kier alpha value is -2.51. The predicted molar refractivity (Wildman–Crippen MR) is 123 cm³/mol. The third-order valence-electron chi connectivity index (χ3n) is 5.20. The highest BCUT2D eigenvalue weighted by atomic mass is 79.9. The normalized spacial score (nSPS) is 15.0. The molecule has 2 N–H and O–H groups in total. The van der Waals surface area contributed by atoms with E-state index in [9.17, 15) is 0 Å². The fourth-order valence-electron chi connectivity index (χ4n) is 3.89. The van der Waals surface area contributed by atoms with Crippen molar-refractivity contribution in [2.75, 3.05) is 20.8 Å².